The van der Waals surface area contributed by atoms with Crippen LogP contribution in [0.25, 0.3) is 0 Å². The topological polar surface area (TPSA) is 41.5 Å². The fourth-order valence-electron chi connectivity index (χ4n) is 1.52. The summed E-state index contributed by atoms with van der Waals surface area (Å²) in [6.07, 6.45) is 6.17. The summed E-state index contributed by atoms with van der Waals surface area (Å²) in [5.74, 6) is 0.928. The molecule has 0 aromatic heterocycles. The van der Waals surface area contributed by atoms with Crippen LogP contribution in [0.2, 0.25) is 0 Å². The van der Waals surface area contributed by atoms with Crippen molar-refractivity contribution >= 4 is 0 Å². The number of hydrogen-bond acceptors (Lipinski definition) is 3. The monoisotopic (exact) mass is 199 g/mol. The van der Waals surface area contributed by atoms with Gasteiger partial charge in [-0.3, -0.25) is 0 Å². The van der Waals surface area contributed by atoms with Crippen molar-refractivity contribution in [2.45, 2.75) is 44.2 Å². The summed E-state index contributed by atoms with van der Waals surface area (Å²) in [6, 6.07) is 0.677. The molecule has 0 saturated heterocycles. The van der Waals surface area contributed by atoms with E-state index in [2.05, 4.69) is 5.32 Å². The summed E-state index contributed by atoms with van der Waals surface area (Å²) in [4.78, 5) is 0. The van der Waals surface area contributed by atoms with E-state index in [1.54, 1.807) is 0 Å². The van der Waals surface area contributed by atoms with Gasteiger partial charge in [0.15, 0.2) is 0 Å². The third-order valence-corrected chi connectivity index (χ3v) is 2.90. The Kier molecular flexibility index (Phi) is 3.79. The summed E-state index contributed by atoms with van der Waals surface area (Å²) in [7, 11) is 0. The Morgan fingerprint density at radius 2 is 2.07 bits per heavy atom. The third kappa shape index (κ3) is 4.40. The Bertz CT molecular complexity index is 167. The SMILES string of the molecule is OC(CNC1CC1)COCCC1CC1. The van der Waals surface area contributed by atoms with Gasteiger partial charge in [-0.1, -0.05) is 12.8 Å². The zero-order valence-corrected chi connectivity index (χ0v) is 8.74. The Morgan fingerprint density at radius 3 is 2.71 bits per heavy atom. The van der Waals surface area contributed by atoms with Gasteiger partial charge in [-0.15, -0.1) is 0 Å². The van der Waals surface area contributed by atoms with Gasteiger partial charge in [0.1, 0.15) is 0 Å². The number of ether oxygens (including phenoxy) is 1. The Morgan fingerprint density at radius 1 is 1.29 bits per heavy atom. The largest absolute Gasteiger partial charge is 0.389 e. The molecule has 0 aromatic carbocycles. The Labute approximate surface area is 85.8 Å². The maximum Gasteiger partial charge on any atom is 0.0897 e. The first-order valence-electron chi connectivity index (χ1n) is 5.84. The van der Waals surface area contributed by atoms with Gasteiger partial charge in [-0.2, -0.15) is 0 Å². The van der Waals surface area contributed by atoms with E-state index in [0.29, 0.717) is 19.2 Å². The van der Waals surface area contributed by atoms with E-state index in [9.17, 15) is 5.11 Å². The summed E-state index contributed by atoms with van der Waals surface area (Å²) in [6.45, 7) is 2.01. The predicted molar refractivity (Wildman–Crippen MR) is 55.2 cm³/mol. The number of aliphatic hydroxyl groups excluding tert-OH is 1. The van der Waals surface area contributed by atoms with Crippen LogP contribution in [0.3, 0.4) is 0 Å². The van der Waals surface area contributed by atoms with Crippen LogP contribution in [-0.4, -0.2) is 37.0 Å². The molecule has 0 radical (unpaired) electrons. The standard InChI is InChI=1S/C11H21NO2/c13-11(7-12-10-3-4-10)8-14-6-5-9-1-2-9/h9-13H,1-8H2. The zero-order chi connectivity index (χ0) is 9.80. The molecular weight excluding hydrogens is 178 g/mol. The van der Waals surface area contributed by atoms with Crippen LogP contribution >= 0.6 is 0 Å². The minimum absolute atomic E-state index is 0.324. The van der Waals surface area contributed by atoms with Crippen LogP contribution < -0.4 is 5.32 Å². The fourth-order valence-corrected chi connectivity index (χ4v) is 1.52. The first kappa shape index (κ1) is 10.4. The average Bonchev–Trinajstić information content (AvgIpc) is 3.02. The van der Waals surface area contributed by atoms with Gasteiger partial charge in [0, 0.05) is 19.2 Å². The lowest BCUT2D eigenvalue weighted by atomic mass is 10.3. The van der Waals surface area contributed by atoms with Gasteiger partial charge in [0.2, 0.25) is 0 Å². The van der Waals surface area contributed by atoms with E-state index in [1.807, 2.05) is 0 Å². The van der Waals surface area contributed by atoms with Crippen molar-refractivity contribution in [1.82, 2.24) is 5.32 Å². The van der Waals surface area contributed by atoms with Gasteiger partial charge in [0.05, 0.1) is 12.7 Å². The zero-order valence-electron chi connectivity index (χ0n) is 8.74. The lowest BCUT2D eigenvalue weighted by Crippen LogP contribution is -2.31. The predicted octanol–water partition coefficient (Wildman–Crippen LogP) is 0.916. The summed E-state index contributed by atoms with van der Waals surface area (Å²) in [5.41, 5.74) is 0. The third-order valence-electron chi connectivity index (χ3n) is 2.90. The highest BCUT2D eigenvalue weighted by atomic mass is 16.5. The van der Waals surface area contributed by atoms with Crippen molar-refractivity contribution in [3.8, 4) is 0 Å². The Balaban J connectivity index is 1.38. The second kappa shape index (κ2) is 5.10. The number of nitrogens with one attached hydrogen (secondary N) is 1. The highest BCUT2D eigenvalue weighted by Gasteiger charge is 2.22. The van der Waals surface area contributed by atoms with Gasteiger partial charge >= 0.3 is 0 Å². The number of hydrogen-bond donors (Lipinski definition) is 2. The van der Waals surface area contributed by atoms with Crippen LogP contribution in [0.15, 0.2) is 0 Å². The van der Waals surface area contributed by atoms with Crippen molar-refractivity contribution in [2.24, 2.45) is 5.92 Å². The minimum Gasteiger partial charge on any atom is -0.389 e. The van der Waals surface area contributed by atoms with Crippen LogP contribution in [-0.2, 0) is 4.74 Å². The Hall–Kier alpha value is -0.120. The van der Waals surface area contributed by atoms with Crippen LogP contribution in [0, 0.1) is 5.92 Å². The van der Waals surface area contributed by atoms with Gasteiger partial charge in [-0.25, -0.2) is 0 Å². The van der Waals surface area contributed by atoms with Crippen molar-refractivity contribution in [1.29, 1.82) is 0 Å². The van der Waals surface area contributed by atoms with Crippen LogP contribution in [0.4, 0.5) is 0 Å². The molecule has 0 heterocycles. The quantitative estimate of drug-likeness (QED) is 0.571. The molecule has 3 nitrogen and oxygen atoms in total. The average molecular weight is 199 g/mol. The molecule has 0 spiro atoms. The molecule has 2 rings (SSSR count). The van der Waals surface area contributed by atoms with E-state index in [-0.39, 0.29) is 6.10 Å². The molecule has 0 aromatic rings. The lowest BCUT2D eigenvalue weighted by Gasteiger charge is -2.11. The normalized spacial score (nSPS) is 23.8. The molecular formula is C11H21NO2. The van der Waals surface area contributed by atoms with E-state index in [1.165, 1.54) is 32.1 Å². The fraction of sp³-hybridized carbons (Fsp3) is 1.00. The molecule has 0 aliphatic heterocycles. The molecule has 82 valence electrons. The second-order valence-corrected chi connectivity index (χ2v) is 4.64. The van der Waals surface area contributed by atoms with E-state index in [0.717, 1.165) is 12.5 Å². The lowest BCUT2D eigenvalue weighted by molar-refractivity contribution is 0.0345. The van der Waals surface area contributed by atoms with Crippen LogP contribution in [0.1, 0.15) is 32.1 Å². The maximum absolute atomic E-state index is 9.52. The first-order chi connectivity index (χ1) is 6.84. The second-order valence-electron chi connectivity index (χ2n) is 4.64. The maximum atomic E-state index is 9.52. The number of aliphatic hydroxyl groups is 1. The summed E-state index contributed by atoms with van der Waals surface area (Å²) >= 11 is 0. The molecule has 1 unspecified atom stereocenters. The van der Waals surface area contributed by atoms with E-state index >= 15 is 0 Å². The van der Waals surface area contributed by atoms with E-state index < -0.39 is 0 Å². The molecule has 2 saturated carbocycles. The smallest absolute Gasteiger partial charge is 0.0897 e. The minimum atomic E-state index is -0.324. The van der Waals surface area contributed by atoms with Gasteiger partial charge in [0.25, 0.3) is 0 Å². The highest BCUT2D eigenvalue weighted by Crippen LogP contribution is 2.32. The molecule has 2 fully saturated rings. The molecule has 2 N–H and O–H groups in total. The number of rotatable bonds is 8. The van der Waals surface area contributed by atoms with Gasteiger partial charge < -0.3 is 15.2 Å². The van der Waals surface area contributed by atoms with Crippen molar-refractivity contribution in [2.75, 3.05) is 19.8 Å². The summed E-state index contributed by atoms with van der Waals surface area (Å²) in [5, 5.41) is 12.8. The molecule has 3 heteroatoms. The summed E-state index contributed by atoms with van der Waals surface area (Å²) < 4.78 is 5.41. The highest BCUT2D eigenvalue weighted by molar-refractivity contribution is 4.81. The van der Waals surface area contributed by atoms with E-state index in [4.69, 9.17) is 4.74 Å². The molecule has 1 atom stereocenters. The van der Waals surface area contributed by atoms with Crippen molar-refractivity contribution < 1.29 is 9.84 Å². The molecule has 2 aliphatic rings. The molecule has 0 bridgehead atoms. The molecule has 14 heavy (non-hydrogen) atoms. The van der Waals surface area contributed by atoms with Crippen molar-refractivity contribution in [3.63, 3.8) is 0 Å². The van der Waals surface area contributed by atoms with Crippen LogP contribution in [0.5, 0.6) is 0 Å². The van der Waals surface area contributed by atoms with Gasteiger partial charge in [-0.05, 0) is 25.2 Å². The first-order valence-corrected chi connectivity index (χ1v) is 5.84. The molecule has 0 amide bonds. The molecule has 2 aliphatic carbocycles. The van der Waals surface area contributed by atoms with Crippen molar-refractivity contribution in [3.05, 3.63) is 0 Å².